The monoisotopic (exact) mass is 486 g/mol. The van der Waals surface area contributed by atoms with Gasteiger partial charge in [-0.15, -0.1) is 0 Å². The number of carbonyl (C=O) groups is 3. The predicted octanol–water partition coefficient (Wildman–Crippen LogP) is 4.17. The number of hydrogen-bond acceptors (Lipinski definition) is 4. The summed E-state index contributed by atoms with van der Waals surface area (Å²) < 4.78 is 33.8. The second-order valence-corrected chi connectivity index (χ2v) is 9.15. The number of alkyl halides is 2. The molecule has 0 spiro atoms. The van der Waals surface area contributed by atoms with E-state index in [1.807, 2.05) is 53.8 Å². The van der Waals surface area contributed by atoms with E-state index >= 15 is 0 Å². The van der Waals surface area contributed by atoms with E-state index in [2.05, 4.69) is 5.32 Å². The second kappa shape index (κ2) is 10.4. The Hall–Kier alpha value is -3.49. The Labute approximate surface area is 201 Å². The van der Waals surface area contributed by atoms with E-state index in [1.165, 1.54) is 0 Å². The minimum absolute atomic E-state index is 0.0172. The highest BCUT2D eigenvalue weighted by Gasteiger charge is 2.40. The van der Waals surface area contributed by atoms with E-state index < -0.39 is 36.4 Å². The Morgan fingerprint density at radius 2 is 1.49 bits per heavy atom. The van der Waals surface area contributed by atoms with Gasteiger partial charge >= 0.3 is 18.0 Å². The molecule has 1 saturated carbocycles. The molecule has 0 aromatic heterocycles. The molecule has 0 heterocycles. The number of ether oxygens (including phenoxy) is 1. The number of nitrogens with one attached hydrogen (secondary N) is 2. The fourth-order valence-corrected chi connectivity index (χ4v) is 4.89. The quantitative estimate of drug-likeness (QED) is 0.520. The van der Waals surface area contributed by atoms with Gasteiger partial charge in [-0.3, -0.25) is 9.59 Å². The summed E-state index contributed by atoms with van der Waals surface area (Å²) in [7, 11) is 0. The van der Waals surface area contributed by atoms with E-state index in [1.54, 1.807) is 0 Å². The summed E-state index contributed by atoms with van der Waals surface area (Å²) in [6, 6.07) is 15.5. The number of benzene rings is 2. The number of amides is 2. The first-order valence-corrected chi connectivity index (χ1v) is 11.7. The van der Waals surface area contributed by atoms with Crippen LogP contribution in [0.15, 0.2) is 48.5 Å². The lowest BCUT2D eigenvalue weighted by Gasteiger charge is -2.26. The molecule has 0 bridgehead atoms. The molecule has 2 aromatic carbocycles. The molecule has 1 fully saturated rings. The molecule has 7 nitrogen and oxygen atoms in total. The summed E-state index contributed by atoms with van der Waals surface area (Å²) in [6.07, 6.45) is 1.03. The molecule has 3 N–H and O–H groups in total. The van der Waals surface area contributed by atoms with Crippen molar-refractivity contribution in [3.8, 4) is 11.1 Å². The molecule has 0 atom stereocenters. The van der Waals surface area contributed by atoms with Crippen molar-refractivity contribution in [1.29, 1.82) is 0 Å². The Kier molecular flexibility index (Phi) is 7.33. The maximum absolute atomic E-state index is 14.3. The van der Waals surface area contributed by atoms with Gasteiger partial charge in [0.15, 0.2) is 0 Å². The van der Waals surface area contributed by atoms with Gasteiger partial charge in [-0.1, -0.05) is 48.5 Å². The van der Waals surface area contributed by atoms with Crippen molar-refractivity contribution in [3.05, 3.63) is 59.7 Å². The fraction of sp³-hybridized carbons (Fsp3) is 0.423. The molecule has 0 aliphatic heterocycles. The summed E-state index contributed by atoms with van der Waals surface area (Å²) in [5.41, 5.74) is 4.11. The lowest BCUT2D eigenvalue weighted by Crippen LogP contribution is -2.49. The van der Waals surface area contributed by atoms with E-state index in [-0.39, 0.29) is 25.0 Å². The van der Waals surface area contributed by atoms with E-state index in [0.29, 0.717) is 25.7 Å². The van der Waals surface area contributed by atoms with Gasteiger partial charge in [-0.2, -0.15) is 8.78 Å². The highest BCUT2D eigenvalue weighted by Crippen LogP contribution is 2.44. The number of rotatable bonds is 8. The number of aliphatic carboxylic acids is 1. The predicted molar refractivity (Wildman–Crippen MR) is 124 cm³/mol. The molecule has 35 heavy (non-hydrogen) atoms. The largest absolute Gasteiger partial charge is 0.481 e. The molecular weight excluding hydrogens is 458 g/mol. The van der Waals surface area contributed by atoms with Crippen molar-refractivity contribution in [2.75, 3.05) is 19.7 Å². The Morgan fingerprint density at radius 3 is 2.06 bits per heavy atom. The van der Waals surface area contributed by atoms with Crippen molar-refractivity contribution in [2.24, 2.45) is 11.8 Å². The van der Waals surface area contributed by atoms with Crippen LogP contribution < -0.4 is 10.6 Å². The minimum Gasteiger partial charge on any atom is -0.481 e. The third kappa shape index (κ3) is 5.61. The van der Waals surface area contributed by atoms with Crippen LogP contribution in [0.5, 0.6) is 0 Å². The van der Waals surface area contributed by atoms with Crippen LogP contribution in [0.1, 0.15) is 42.7 Å². The zero-order valence-electron chi connectivity index (χ0n) is 19.1. The standard InChI is InChI=1S/C26H28F2N2O5/c27-26(28,24(33)29-13-16-9-11-17(12-10-16)23(31)32)15-30-25(34)35-14-22-20-7-3-1-5-18(20)19-6-2-4-8-21(19)22/h1-8,16-17,22H,9-15H2,(H,29,33)(H,30,34)(H,31,32). The maximum Gasteiger partial charge on any atom is 0.407 e. The van der Waals surface area contributed by atoms with Crippen molar-refractivity contribution < 1.29 is 33.0 Å². The zero-order valence-corrected chi connectivity index (χ0v) is 19.1. The smallest absolute Gasteiger partial charge is 0.407 e. The van der Waals surface area contributed by atoms with Gasteiger partial charge in [0.05, 0.1) is 12.5 Å². The number of hydrogen-bond donors (Lipinski definition) is 3. The number of carboxylic acid groups (broad SMARTS) is 1. The third-order valence-electron chi connectivity index (χ3n) is 6.88. The van der Waals surface area contributed by atoms with Crippen LogP contribution in [0.4, 0.5) is 13.6 Å². The van der Waals surface area contributed by atoms with Crippen LogP contribution in [-0.2, 0) is 14.3 Å². The first-order valence-electron chi connectivity index (χ1n) is 11.7. The molecule has 186 valence electrons. The van der Waals surface area contributed by atoms with Gasteiger partial charge in [-0.05, 0) is 53.9 Å². The summed E-state index contributed by atoms with van der Waals surface area (Å²) in [5, 5.41) is 13.3. The summed E-state index contributed by atoms with van der Waals surface area (Å²) in [4.78, 5) is 35.1. The average molecular weight is 487 g/mol. The summed E-state index contributed by atoms with van der Waals surface area (Å²) in [5.74, 6) is -6.78. The Morgan fingerprint density at radius 1 is 0.914 bits per heavy atom. The van der Waals surface area contributed by atoms with Gasteiger partial charge in [-0.25, -0.2) is 4.79 Å². The van der Waals surface area contributed by atoms with Gasteiger partial charge < -0.3 is 20.5 Å². The maximum atomic E-state index is 14.3. The van der Waals surface area contributed by atoms with E-state index in [9.17, 15) is 23.2 Å². The molecule has 2 aromatic rings. The summed E-state index contributed by atoms with van der Waals surface area (Å²) in [6.45, 7) is -1.15. The van der Waals surface area contributed by atoms with Crippen LogP contribution >= 0.6 is 0 Å². The molecule has 2 aliphatic rings. The van der Waals surface area contributed by atoms with Gasteiger partial charge in [0.2, 0.25) is 0 Å². The van der Waals surface area contributed by atoms with Crippen molar-refractivity contribution >= 4 is 18.0 Å². The van der Waals surface area contributed by atoms with Crippen LogP contribution in [0, 0.1) is 11.8 Å². The van der Waals surface area contributed by atoms with Gasteiger partial charge in [0.25, 0.3) is 5.91 Å². The molecule has 0 radical (unpaired) electrons. The molecule has 0 unspecified atom stereocenters. The van der Waals surface area contributed by atoms with Gasteiger partial charge in [0.1, 0.15) is 6.61 Å². The average Bonchev–Trinajstić information content (AvgIpc) is 3.18. The van der Waals surface area contributed by atoms with Crippen molar-refractivity contribution in [1.82, 2.24) is 10.6 Å². The second-order valence-electron chi connectivity index (χ2n) is 9.15. The number of carboxylic acids is 1. The van der Waals surface area contributed by atoms with E-state index in [4.69, 9.17) is 9.84 Å². The first kappa shape index (κ1) is 24.6. The normalized spacial score (nSPS) is 19.4. The SMILES string of the molecule is O=C(NCC(F)(F)C(=O)NCC1CCC(C(=O)O)CC1)OCC1c2ccccc2-c2ccccc21. The number of halogens is 2. The van der Waals surface area contributed by atoms with Crippen LogP contribution in [0.3, 0.4) is 0 Å². The number of carbonyl (C=O) groups excluding carboxylic acids is 2. The van der Waals surface area contributed by atoms with Crippen LogP contribution in [-0.4, -0.2) is 48.7 Å². The fourth-order valence-electron chi connectivity index (χ4n) is 4.89. The summed E-state index contributed by atoms with van der Waals surface area (Å²) >= 11 is 0. The van der Waals surface area contributed by atoms with Crippen molar-refractivity contribution in [3.63, 3.8) is 0 Å². The number of fused-ring (bicyclic) bond motifs is 3. The molecule has 2 aliphatic carbocycles. The molecular formula is C26H28F2N2O5. The van der Waals surface area contributed by atoms with Crippen LogP contribution in [0.25, 0.3) is 11.1 Å². The van der Waals surface area contributed by atoms with Crippen LogP contribution in [0.2, 0.25) is 0 Å². The Bertz CT molecular complexity index is 1050. The van der Waals surface area contributed by atoms with E-state index in [0.717, 1.165) is 22.3 Å². The molecule has 2 amide bonds. The lowest BCUT2D eigenvalue weighted by molar-refractivity contribution is -0.145. The van der Waals surface area contributed by atoms with Gasteiger partial charge in [0, 0.05) is 12.5 Å². The topological polar surface area (TPSA) is 105 Å². The van der Waals surface area contributed by atoms with Crippen molar-refractivity contribution in [2.45, 2.75) is 37.5 Å². The lowest BCUT2D eigenvalue weighted by atomic mass is 9.82. The molecule has 0 saturated heterocycles. The molecule has 9 heteroatoms. The minimum atomic E-state index is -3.80. The highest BCUT2D eigenvalue weighted by atomic mass is 19.3. The highest BCUT2D eigenvalue weighted by molar-refractivity contribution is 5.84. The number of alkyl carbamates (subject to hydrolysis) is 1. The Balaban J connectivity index is 1.23. The first-order chi connectivity index (χ1) is 16.8. The third-order valence-corrected chi connectivity index (χ3v) is 6.88. The zero-order chi connectivity index (χ0) is 25.0. The molecule has 4 rings (SSSR count).